The summed E-state index contributed by atoms with van der Waals surface area (Å²) in [6.07, 6.45) is 1.63. The minimum absolute atomic E-state index is 0.244. The van der Waals surface area contributed by atoms with Gasteiger partial charge in [-0.05, 0) is 43.7 Å². The maximum absolute atomic E-state index is 9.65. The van der Waals surface area contributed by atoms with E-state index >= 15 is 0 Å². The number of likely N-dealkylation sites (tertiary alicyclic amines) is 1. The summed E-state index contributed by atoms with van der Waals surface area (Å²) in [5.74, 6) is 1.14. The van der Waals surface area contributed by atoms with Crippen LogP contribution in [0.4, 0.5) is 0 Å². The molecule has 2 aromatic rings. The molecule has 3 rings (SSSR count). The lowest BCUT2D eigenvalue weighted by Crippen LogP contribution is -2.37. The Balaban J connectivity index is 1.69. The van der Waals surface area contributed by atoms with Crippen molar-refractivity contribution in [3.05, 3.63) is 35.1 Å². The monoisotopic (exact) mass is 293 g/mol. The van der Waals surface area contributed by atoms with Crippen molar-refractivity contribution in [3.63, 3.8) is 0 Å². The lowest BCUT2D eigenvalue weighted by Gasteiger charge is -2.28. The molecule has 1 aliphatic heterocycles. The average Bonchev–Trinajstić information content (AvgIpc) is 2.88. The first-order valence-corrected chi connectivity index (χ1v) is 7.07. The molecule has 1 aliphatic rings. The summed E-state index contributed by atoms with van der Waals surface area (Å²) < 4.78 is 5.27. The zero-order valence-corrected chi connectivity index (χ0v) is 11.8. The molecule has 6 heteroatoms. The predicted molar refractivity (Wildman–Crippen MR) is 75.3 cm³/mol. The fourth-order valence-electron chi connectivity index (χ4n) is 2.40. The summed E-state index contributed by atoms with van der Waals surface area (Å²) in [5, 5.41) is 14.3. The SMILES string of the molecule is O[C@H]1CCCN(Cc2noc(-c3ccc(Cl)cc3)n2)C1. The first-order valence-electron chi connectivity index (χ1n) is 6.69. The highest BCUT2D eigenvalue weighted by Gasteiger charge is 2.19. The molecule has 1 aromatic heterocycles. The molecule has 106 valence electrons. The molecule has 1 saturated heterocycles. The highest BCUT2D eigenvalue weighted by Crippen LogP contribution is 2.20. The number of hydrogen-bond acceptors (Lipinski definition) is 5. The minimum atomic E-state index is -0.244. The smallest absolute Gasteiger partial charge is 0.257 e. The minimum Gasteiger partial charge on any atom is -0.392 e. The lowest BCUT2D eigenvalue weighted by atomic mass is 10.1. The van der Waals surface area contributed by atoms with Crippen LogP contribution in [-0.2, 0) is 6.54 Å². The summed E-state index contributed by atoms with van der Waals surface area (Å²) in [5.41, 5.74) is 0.854. The molecule has 0 bridgehead atoms. The van der Waals surface area contributed by atoms with E-state index in [1.165, 1.54) is 0 Å². The van der Waals surface area contributed by atoms with Gasteiger partial charge < -0.3 is 9.63 Å². The maximum Gasteiger partial charge on any atom is 0.257 e. The van der Waals surface area contributed by atoms with E-state index in [2.05, 4.69) is 15.0 Å². The maximum atomic E-state index is 9.65. The summed E-state index contributed by atoms with van der Waals surface area (Å²) in [6.45, 7) is 2.24. The van der Waals surface area contributed by atoms with E-state index in [1.54, 1.807) is 12.1 Å². The zero-order chi connectivity index (χ0) is 13.9. The van der Waals surface area contributed by atoms with Gasteiger partial charge in [0, 0.05) is 17.1 Å². The first-order chi connectivity index (χ1) is 9.70. The molecule has 1 aromatic carbocycles. The molecular weight excluding hydrogens is 278 g/mol. The van der Waals surface area contributed by atoms with Gasteiger partial charge in [0.25, 0.3) is 5.89 Å². The van der Waals surface area contributed by atoms with Gasteiger partial charge in [-0.1, -0.05) is 16.8 Å². The summed E-state index contributed by atoms with van der Waals surface area (Å²) >= 11 is 5.85. The molecule has 0 amide bonds. The number of halogens is 1. The Morgan fingerprint density at radius 2 is 2.15 bits per heavy atom. The Bertz CT molecular complexity index is 570. The number of hydrogen-bond donors (Lipinski definition) is 1. The summed E-state index contributed by atoms with van der Waals surface area (Å²) in [6, 6.07) is 7.29. The van der Waals surface area contributed by atoms with E-state index in [4.69, 9.17) is 16.1 Å². The Morgan fingerprint density at radius 3 is 2.90 bits per heavy atom. The third kappa shape index (κ3) is 3.17. The van der Waals surface area contributed by atoms with Gasteiger partial charge in [0.2, 0.25) is 0 Å². The highest BCUT2D eigenvalue weighted by molar-refractivity contribution is 6.30. The van der Waals surface area contributed by atoms with Crippen molar-refractivity contribution in [1.82, 2.24) is 15.0 Å². The van der Waals surface area contributed by atoms with Crippen LogP contribution in [0.25, 0.3) is 11.5 Å². The molecule has 0 radical (unpaired) electrons. The summed E-state index contributed by atoms with van der Waals surface area (Å²) in [4.78, 5) is 6.53. The average molecular weight is 294 g/mol. The van der Waals surface area contributed by atoms with Gasteiger partial charge in [-0.15, -0.1) is 0 Å². The van der Waals surface area contributed by atoms with Crippen LogP contribution in [0.3, 0.4) is 0 Å². The standard InChI is InChI=1S/C14H16ClN3O2/c15-11-5-3-10(4-6-11)14-16-13(17-20-14)9-18-7-1-2-12(19)8-18/h3-6,12,19H,1-2,7-9H2/t12-/m0/s1. The molecule has 0 aliphatic carbocycles. The first kappa shape index (κ1) is 13.5. The second-order valence-corrected chi connectivity index (χ2v) is 5.49. The Kier molecular flexibility index (Phi) is 4.00. The quantitative estimate of drug-likeness (QED) is 0.941. The molecule has 1 atom stereocenters. The van der Waals surface area contributed by atoms with Gasteiger partial charge in [0.15, 0.2) is 5.82 Å². The van der Waals surface area contributed by atoms with Gasteiger partial charge in [0.1, 0.15) is 0 Å². The van der Waals surface area contributed by atoms with Crippen LogP contribution < -0.4 is 0 Å². The lowest BCUT2D eigenvalue weighted by molar-refractivity contribution is 0.0651. The second kappa shape index (κ2) is 5.91. The molecule has 0 spiro atoms. The Labute approximate surface area is 122 Å². The van der Waals surface area contributed by atoms with Crippen molar-refractivity contribution in [2.75, 3.05) is 13.1 Å². The van der Waals surface area contributed by atoms with E-state index < -0.39 is 0 Å². The number of benzene rings is 1. The van der Waals surface area contributed by atoms with E-state index in [9.17, 15) is 5.11 Å². The molecule has 1 N–H and O–H groups in total. The second-order valence-electron chi connectivity index (χ2n) is 5.05. The molecule has 0 unspecified atom stereocenters. The van der Waals surface area contributed by atoms with Crippen molar-refractivity contribution in [3.8, 4) is 11.5 Å². The molecule has 0 saturated carbocycles. The number of β-amino-alcohol motifs (C(OH)–C–C–N with tert-alkyl or cyclic N) is 1. The van der Waals surface area contributed by atoms with Crippen molar-refractivity contribution in [2.45, 2.75) is 25.5 Å². The molecule has 20 heavy (non-hydrogen) atoms. The largest absolute Gasteiger partial charge is 0.392 e. The van der Waals surface area contributed by atoms with Crippen LogP contribution in [0.2, 0.25) is 5.02 Å². The van der Waals surface area contributed by atoms with Crippen LogP contribution in [-0.4, -0.2) is 39.3 Å². The van der Waals surface area contributed by atoms with Crippen molar-refractivity contribution in [2.24, 2.45) is 0 Å². The van der Waals surface area contributed by atoms with Crippen LogP contribution >= 0.6 is 11.6 Å². The number of aliphatic hydroxyl groups is 1. The normalized spacial score (nSPS) is 20.2. The third-order valence-electron chi connectivity index (χ3n) is 3.40. The van der Waals surface area contributed by atoms with E-state index in [0.29, 0.717) is 29.8 Å². The van der Waals surface area contributed by atoms with E-state index in [0.717, 1.165) is 24.9 Å². The van der Waals surface area contributed by atoms with Crippen LogP contribution in [0.15, 0.2) is 28.8 Å². The Hall–Kier alpha value is -1.43. The van der Waals surface area contributed by atoms with Crippen molar-refractivity contribution in [1.29, 1.82) is 0 Å². The predicted octanol–water partition coefficient (Wildman–Crippen LogP) is 2.35. The van der Waals surface area contributed by atoms with Gasteiger partial charge in [0.05, 0.1) is 12.6 Å². The third-order valence-corrected chi connectivity index (χ3v) is 3.66. The Morgan fingerprint density at radius 1 is 1.35 bits per heavy atom. The number of rotatable bonds is 3. The zero-order valence-electron chi connectivity index (χ0n) is 11.0. The van der Waals surface area contributed by atoms with Crippen LogP contribution in [0, 0.1) is 0 Å². The highest BCUT2D eigenvalue weighted by atomic mass is 35.5. The van der Waals surface area contributed by atoms with E-state index in [-0.39, 0.29) is 6.10 Å². The van der Waals surface area contributed by atoms with Gasteiger partial charge in [-0.3, -0.25) is 4.90 Å². The van der Waals surface area contributed by atoms with Crippen molar-refractivity contribution >= 4 is 11.6 Å². The van der Waals surface area contributed by atoms with Crippen LogP contribution in [0.5, 0.6) is 0 Å². The van der Waals surface area contributed by atoms with Gasteiger partial charge >= 0.3 is 0 Å². The number of piperidine rings is 1. The van der Waals surface area contributed by atoms with Crippen LogP contribution in [0.1, 0.15) is 18.7 Å². The summed E-state index contributed by atoms with van der Waals surface area (Å²) in [7, 11) is 0. The molecule has 2 heterocycles. The molecule has 1 fully saturated rings. The fraction of sp³-hybridized carbons (Fsp3) is 0.429. The van der Waals surface area contributed by atoms with Gasteiger partial charge in [-0.25, -0.2) is 0 Å². The number of aliphatic hydroxyl groups excluding tert-OH is 1. The number of aromatic nitrogens is 2. The number of nitrogens with zero attached hydrogens (tertiary/aromatic N) is 3. The fourth-order valence-corrected chi connectivity index (χ4v) is 2.53. The topological polar surface area (TPSA) is 62.4 Å². The molecule has 5 nitrogen and oxygen atoms in total. The van der Waals surface area contributed by atoms with E-state index in [1.807, 2.05) is 12.1 Å². The van der Waals surface area contributed by atoms with Gasteiger partial charge in [-0.2, -0.15) is 4.98 Å². The van der Waals surface area contributed by atoms with Crippen molar-refractivity contribution < 1.29 is 9.63 Å². The molecular formula is C14H16ClN3O2.